The van der Waals surface area contributed by atoms with Crippen molar-refractivity contribution in [2.24, 2.45) is 5.92 Å². The van der Waals surface area contributed by atoms with Gasteiger partial charge in [-0.1, -0.05) is 18.9 Å². The molecular weight excluding hydrogens is 166 g/mol. The largest absolute Gasteiger partial charge is 0.367 e. The predicted molar refractivity (Wildman–Crippen MR) is 51.0 cm³/mol. The quantitative estimate of drug-likeness (QED) is 0.762. The third kappa shape index (κ3) is 2.68. The molecule has 0 aliphatic rings. The monoisotopic (exact) mass is 183 g/mol. The van der Waals surface area contributed by atoms with Crippen LogP contribution in [-0.4, -0.2) is 20.2 Å². The number of tetrazole rings is 1. The van der Waals surface area contributed by atoms with Gasteiger partial charge in [0.05, 0.1) is 6.04 Å². The van der Waals surface area contributed by atoms with Gasteiger partial charge in [-0.2, -0.15) is 0 Å². The Labute approximate surface area is 78.3 Å². The summed E-state index contributed by atoms with van der Waals surface area (Å²) in [4.78, 5) is 0. The van der Waals surface area contributed by atoms with E-state index in [0.717, 1.165) is 6.42 Å². The Morgan fingerprint density at radius 3 is 2.46 bits per heavy atom. The Hall–Kier alpha value is -1.13. The van der Waals surface area contributed by atoms with Crippen LogP contribution in [0.4, 0.5) is 5.95 Å². The molecule has 0 spiro atoms. The SMILES string of the molecule is CC(C)CCC(C)n1nnnc1N. The van der Waals surface area contributed by atoms with Gasteiger partial charge in [0.1, 0.15) is 0 Å². The van der Waals surface area contributed by atoms with Gasteiger partial charge in [-0.05, 0) is 36.1 Å². The lowest BCUT2D eigenvalue weighted by Gasteiger charge is -2.12. The number of aromatic nitrogens is 4. The lowest BCUT2D eigenvalue weighted by atomic mass is 10.0. The van der Waals surface area contributed by atoms with Crippen molar-refractivity contribution in [1.29, 1.82) is 0 Å². The molecule has 1 rings (SSSR count). The fraction of sp³-hybridized carbons (Fsp3) is 0.875. The minimum atomic E-state index is 0.289. The summed E-state index contributed by atoms with van der Waals surface area (Å²) in [6.07, 6.45) is 2.23. The molecule has 1 atom stereocenters. The second kappa shape index (κ2) is 4.20. The van der Waals surface area contributed by atoms with E-state index < -0.39 is 0 Å². The number of anilines is 1. The van der Waals surface area contributed by atoms with Crippen molar-refractivity contribution >= 4 is 5.95 Å². The summed E-state index contributed by atoms with van der Waals surface area (Å²) in [5.74, 6) is 1.11. The Bertz CT molecular complexity index is 255. The van der Waals surface area contributed by atoms with Gasteiger partial charge in [-0.25, -0.2) is 4.68 Å². The van der Waals surface area contributed by atoms with E-state index in [2.05, 4.69) is 36.3 Å². The first-order valence-electron chi connectivity index (χ1n) is 4.64. The lowest BCUT2D eigenvalue weighted by Crippen LogP contribution is -2.11. The van der Waals surface area contributed by atoms with Crippen molar-refractivity contribution in [3.05, 3.63) is 0 Å². The van der Waals surface area contributed by atoms with Crippen molar-refractivity contribution in [2.75, 3.05) is 5.73 Å². The van der Waals surface area contributed by atoms with E-state index in [4.69, 9.17) is 5.73 Å². The first-order valence-corrected chi connectivity index (χ1v) is 4.64. The fourth-order valence-corrected chi connectivity index (χ4v) is 1.21. The molecule has 2 N–H and O–H groups in total. The topological polar surface area (TPSA) is 69.6 Å². The second-order valence-corrected chi connectivity index (χ2v) is 3.80. The van der Waals surface area contributed by atoms with Crippen LogP contribution >= 0.6 is 0 Å². The van der Waals surface area contributed by atoms with Gasteiger partial charge >= 0.3 is 0 Å². The molecule has 0 aromatic carbocycles. The number of nitrogens with two attached hydrogens (primary N) is 1. The Morgan fingerprint density at radius 1 is 1.31 bits per heavy atom. The molecule has 1 aromatic heterocycles. The second-order valence-electron chi connectivity index (χ2n) is 3.80. The van der Waals surface area contributed by atoms with Gasteiger partial charge in [0, 0.05) is 0 Å². The minimum absolute atomic E-state index is 0.289. The van der Waals surface area contributed by atoms with Crippen molar-refractivity contribution in [3.63, 3.8) is 0 Å². The van der Waals surface area contributed by atoms with Crippen molar-refractivity contribution in [1.82, 2.24) is 20.2 Å². The summed E-state index contributed by atoms with van der Waals surface area (Å²) < 4.78 is 1.67. The summed E-state index contributed by atoms with van der Waals surface area (Å²) in [5.41, 5.74) is 5.57. The van der Waals surface area contributed by atoms with Crippen LogP contribution in [0.15, 0.2) is 0 Å². The highest BCUT2D eigenvalue weighted by atomic mass is 15.6. The number of rotatable bonds is 4. The van der Waals surface area contributed by atoms with Crippen LogP contribution in [-0.2, 0) is 0 Å². The number of nitrogens with zero attached hydrogens (tertiary/aromatic N) is 4. The maximum absolute atomic E-state index is 5.57. The van der Waals surface area contributed by atoms with E-state index in [-0.39, 0.29) is 6.04 Å². The molecule has 5 nitrogen and oxygen atoms in total. The molecular formula is C8H17N5. The van der Waals surface area contributed by atoms with E-state index in [1.807, 2.05) is 0 Å². The Kier molecular flexibility index (Phi) is 3.22. The van der Waals surface area contributed by atoms with Gasteiger partial charge in [0.2, 0.25) is 5.95 Å². The molecule has 0 fully saturated rings. The summed E-state index contributed by atoms with van der Waals surface area (Å²) in [7, 11) is 0. The highest BCUT2D eigenvalue weighted by Crippen LogP contribution is 2.16. The molecule has 13 heavy (non-hydrogen) atoms. The van der Waals surface area contributed by atoms with Crippen LogP contribution in [0, 0.1) is 5.92 Å². The summed E-state index contributed by atoms with van der Waals surface area (Å²) >= 11 is 0. The number of hydrogen-bond donors (Lipinski definition) is 1. The van der Waals surface area contributed by atoms with Crippen LogP contribution in [0.5, 0.6) is 0 Å². The van der Waals surface area contributed by atoms with Crippen LogP contribution in [0.1, 0.15) is 39.7 Å². The van der Waals surface area contributed by atoms with E-state index in [1.54, 1.807) is 4.68 Å². The van der Waals surface area contributed by atoms with Crippen molar-refractivity contribution in [2.45, 2.75) is 39.7 Å². The molecule has 0 aliphatic carbocycles. The fourth-order valence-electron chi connectivity index (χ4n) is 1.21. The summed E-state index contributed by atoms with van der Waals surface area (Å²) in [5, 5.41) is 11.0. The van der Waals surface area contributed by atoms with Gasteiger partial charge in [0.15, 0.2) is 0 Å². The molecule has 0 amide bonds. The zero-order chi connectivity index (χ0) is 9.84. The first kappa shape index (κ1) is 9.95. The van der Waals surface area contributed by atoms with Crippen molar-refractivity contribution < 1.29 is 0 Å². The minimum Gasteiger partial charge on any atom is -0.367 e. The third-order valence-corrected chi connectivity index (χ3v) is 2.10. The highest BCUT2D eigenvalue weighted by molar-refractivity contribution is 5.10. The number of nitrogen functional groups attached to an aromatic ring is 1. The predicted octanol–water partition coefficient (Wildman–Crippen LogP) is 1.25. The van der Waals surface area contributed by atoms with Crippen LogP contribution in [0.25, 0.3) is 0 Å². The average Bonchev–Trinajstić information content (AvgIpc) is 2.47. The molecule has 0 aliphatic heterocycles. The van der Waals surface area contributed by atoms with E-state index >= 15 is 0 Å². The number of hydrogen-bond acceptors (Lipinski definition) is 4. The first-order chi connectivity index (χ1) is 6.11. The van der Waals surface area contributed by atoms with Crippen LogP contribution in [0.2, 0.25) is 0 Å². The van der Waals surface area contributed by atoms with Gasteiger partial charge in [0.25, 0.3) is 0 Å². The molecule has 0 saturated carbocycles. The maximum Gasteiger partial charge on any atom is 0.240 e. The zero-order valence-corrected chi connectivity index (χ0v) is 8.44. The summed E-state index contributed by atoms with van der Waals surface area (Å²) in [6.45, 7) is 6.49. The van der Waals surface area contributed by atoms with Gasteiger partial charge < -0.3 is 5.73 Å². The molecule has 1 unspecified atom stereocenters. The highest BCUT2D eigenvalue weighted by Gasteiger charge is 2.10. The molecule has 5 heteroatoms. The Morgan fingerprint density at radius 2 is 2.00 bits per heavy atom. The standard InChI is InChI=1S/C8H17N5/c1-6(2)4-5-7(3)13-8(9)10-11-12-13/h6-7H,4-5H2,1-3H3,(H2,9,10,12). The molecule has 1 aromatic rings. The third-order valence-electron chi connectivity index (χ3n) is 2.10. The van der Waals surface area contributed by atoms with Crippen molar-refractivity contribution in [3.8, 4) is 0 Å². The van der Waals surface area contributed by atoms with Gasteiger partial charge in [-0.3, -0.25) is 0 Å². The van der Waals surface area contributed by atoms with E-state index in [1.165, 1.54) is 6.42 Å². The van der Waals surface area contributed by atoms with Crippen LogP contribution in [0.3, 0.4) is 0 Å². The zero-order valence-electron chi connectivity index (χ0n) is 8.44. The van der Waals surface area contributed by atoms with Gasteiger partial charge in [-0.15, -0.1) is 0 Å². The molecule has 0 bridgehead atoms. The normalized spacial score (nSPS) is 13.5. The molecule has 74 valence electrons. The van der Waals surface area contributed by atoms with E-state index in [9.17, 15) is 0 Å². The summed E-state index contributed by atoms with van der Waals surface area (Å²) in [6, 6.07) is 0.289. The van der Waals surface area contributed by atoms with Crippen LogP contribution < -0.4 is 5.73 Å². The molecule has 0 radical (unpaired) electrons. The Balaban J connectivity index is 2.49. The maximum atomic E-state index is 5.57. The lowest BCUT2D eigenvalue weighted by molar-refractivity contribution is 0.407. The molecule has 1 heterocycles. The molecule has 0 saturated heterocycles. The van der Waals surface area contributed by atoms with E-state index in [0.29, 0.717) is 11.9 Å². The average molecular weight is 183 g/mol. The smallest absolute Gasteiger partial charge is 0.240 e.